The van der Waals surface area contributed by atoms with Crippen LogP contribution in [-0.2, 0) is 25.7 Å². The largest absolute Gasteiger partial charge is 0.480 e. The average molecular weight is 319 g/mol. The molecular weight excluding hydrogens is 298 g/mol. The first-order valence-electron chi connectivity index (χ1n) is 7.37. The van der Waals surface area contributed by atoms with Crippen molar-refractivity contribution in [1.29, 1.82) is 0 Å². The van der Waals surface area contributed by atoms with Crippen molar-refractivity contribution in [1.82, 2.24) is 4.90 Å². The minimum absolute atomic E-state index is 0.0582. The van der Waals surface area contributed by atoms with E-state index in [1.165, 1.54) is 21.0 Å². The number of piperidine rings is 1. The lowest BCUT2D eigenvalue weighted by molar-refractivity contribution is -0.173. The molecule has 1 aromatic rings. The highest BCUT2D eigenvalue weighted by Gasteiger charge is 2.59. The summed E-state index contributed by atoms with van der Waals surface area (Å²) in [6, 6.07) is 9.51. The molecule has 6 nitrogen and oxygen atoms in total. The standard InChI is InChI=1S/C17H21NO5/c1-16(14(20)21)10-18(9-12-7-5-4-6-8-12)11-17(2,13(16)19)15(22)23-3/h4-8H,9-11H2,1-3H3,(H,20,21). The molecule has 1 aliphatic rings. The first-order chi connectivity index (χ1) is 10.7. The van der Waals surface area contributed by atoms with Crippen molar-refractivity contribution in [3.8, 4) is 0 Å². The van der Waals surface area contributed by atoms with Crippen LogP contribution in [0, 0.1) is 10.8 Å². The highest BCUT2D eigenvalue weighted by molar-refractivity contribution is 6.14. The zero-order chi connectivity index (χ0) is 17.3. The lowest BCUT2D eigenvalue weighted by atomic mass is 9.67. The molecule has 0 radical (unpaired) electrons. The number of methoxy groups -OCH3 is 1. The lowest BCUT2D eigenvalue weighted by Crippen LogP contribution is -2.63. The second kappa shape index (κ2) is 6.12. The SMILES string of the molecule is COC(=O)C1(C)CN(Cc2ccccc2)CC(C)(C(=O)O)C1=O. The van der Waals surface area contributed by atoms with Crippen LogP contribution in [-0.4, -0.2) is 47.9 Å². The molecule has 1 heterocycles. The van der Waals surface area contributed by atoms with Gasteiger partial charge < -0.3 is 9.84 Å². The molecule has 0 spiro atoms. The van der Waals surface area contributed by atoms with Crippen LogP contribution in [0.4, 0.5) is 0 Å². The Kier molecular flexibility index (Phi) is 4.56. The Balaban J connectivity index is 2.37. The van der Waals surface area contributed by atoms with Crippen LogP contribution in [0.2, 0.25) is 0 Å². The van der Waals surface area contributed by atoms with Crippen LogP contribution in [0.15, 0.2) is 30.3 Å². The van der Waals surface area contributed by atoms with Gasteiger partial charge in [-0.1, -0.05) is 30.3 Å². The van der Waals surface area contributed by atoms with E-state index in [0.29, 0.717) is 6.54 Å². The number of hydrogen-bond acceptors (Lipinski definition) is 5. The number of esters is 1. The third-order valence-corrected chi connectivity index (χ3v) is 4.44. The Morgan fingerprint density at radius 2 is 1.74 bits per heavy atom. The minimum Gasteiger partial charge on any atom is -0.480 e. The summed E-state index contributed by atoms with van der Waals surface area (Å²) in [7, 11) is 1.20. The summed E-state index contributed by atoms with van der Waals surface area (Å²) < 4.78 is 4.76. The molecule has 2 atom stereocenters. The van der Waals surface area contributed by atoms with Gasteiger partial charge in [-0.15, -0.1) is 0 Å². The number of rotatable bonds is 4. The van der Waals surface area contributed by atoms with Gasteiger partial charge in [0.15, 0.2) is 5.78 Å². The number of ether oxygens (including phenoxy) is 1. The summed E-state index contributed by atoms with van der Waals surface area (Å²) in [6.07, 6.45) is 0. The zero-order valence-corrected chi connectivity index (χ0v) is 13.5. The van der Waals surface area contributed by atoms with Crippen LogP contribution in [0.25, 0.3) is 0 Å². The molecule has 0 aromatic heterocycles. The fourth-order valence-corrected chi connectivity index (χ4v) is 3.20. The van der Waals surface area contributed by atoms with Gasteiger partial charge >= 0.3 is 11.9 Å². The van der Waals surface area contributed by atoms with Crippen molar-refractivity contribution in [3.63, 3.8) is 0 Å². The van der Waals surface area contributed by atoms with E-state index in [1.807, 2.05) is 35.2 Å². The molecule has 1 aliphatic heterocycles. The molecule has 2 rings (SSSR count). The molecule has 23 heavy (non-hydrogen) atoms. The molecule has 0 amide bonds. The summed E-state index contributed by atoms with van der Waals surface area (Å²) in [5, 5.41) is 9.54. The Morgan fingerprint density at radius 1 is 1.17 bits per heavy atom. The number of carboxylic acids is 1. The Labute approximate surface area is 135 Å². The molecule has 1 N–H and O–H groups in total. The third-order valence-electron chi connectivity index (χ3n) is 4.44. The quantitative estimate of drug-likeness (QED) is 0.666. The van der Waals surface area contributed by atoms with Gasteiger partial charge in [0.2, 0.25) is 0 Å². The van der Waals surface area contributed by atoms with Crippen molar-refractivity contribution >= 4 is 17.7 Å². The van der Waals surface area contributed by atoms with E-state index >= 15 is 0 Å². The number of nitrogens with zero attached hydrogens (tertiary/aromatic N) is 1. The van der Waals surface area contributed by atoms with Crippen molar-refractivity contribution in [2.75, 3.05) is 20.2 Å². The van der Waals surface area contributed by atoms with Gasteiger partial charge in [-0.25, -0.2) is 0 Å². The lowest BCUT2D eigenvalue weighted by Gasteiger charge is -2.44. The number of likely N-dealkylation sites (tertiary alicyclic amines) is 1. The Bertz CT molecular complexity index is 629. The van der Waals surface area contributed by atoms with E-state index in [2.05, 4.69) is 0 Å². The number of aliphatic carboxylic acids is 1. The minimum atomic E-state index is -1.64. The number of benzene rings is 1. The van der Waals surface area contributed by atoms with E-state index in [4.69, 9.17) is 4.74 Å². The highest BCUT2D eigenvalue weighted by atomic mass is 16.5. The molecule has 1 fully saturated rings. The maximum Gasteiger partial charge on any atom is 0.320 e. The van der Waals surface area contributed by atoms with Crippen LogP contribution >= 0.6 is 0 Å². The number of hydrogen-bond donors (Lipinski definition) is 1. The van der Waals surface area contributed by atoms with Gasteiger partial charge in [-0.2, -0.15) is 0 Å². The monoisotopic (exact) mass is 319 g/mol. The molecule has 1 saturated heterocycles. The Morgan fingerprint density at radius 3 is 2.26 bits per heavy atom. The zero-order valence-electron chi connectivity index (χ0n) is 13.5. The maximum absolute atomic E-state index is 12.7. The molecule has 124 valence electrons. The highest BCUT2D eigenvalue weighted by Crippen LogP contribution is 2.38. The summed E-state index contributed by atoms with van der Waals surface area (Å²) in [5.74, 6) is -2.53. The summed E-state index contributed by atoms with van der Waals surface area (Å²) in [5.41, 5.74) is -2.15. The van der Waals surface area contributed by atoms with Crippen molar-refractivity contribution in [3.05, 3.63) is 35.9 Å². The predicted octanol–water partition coefficient (Wildman–Crippen LogP) is 1.34. The first-order valence-corrected chi connectivity index (χ1v) is 7.37. The van der Waals surface area contributed by atoms with E-state index < -0.39 is 28.6 Å². The van der Waals surface area contributed by atoms with E-state index in [9.17, 15) is 19.5 Å². The normalized spacial score (nSPS) is 28.4. The Hall–Kier alpha value is -2.21. The van der Waals surface area contributed by atoms with Crippen LogP contribution in [0.5, 0.6) is 0 Å². The maximum atomic E-state index is 12.7. The van der Waals surface area contributed by atoms with Gasteiger partial charge in [-0.05, 0) is 19.4 Å². The van der Waals surface area contributed by atoms with Gasteiger partial charge in [-0.3, -0.25) is 19.3 Å². The van der Waals surface area contributed by atoms with Gasteiger partial charge in [0.05, 0.1) is 7.11 Å². The number of Topliss-reactive ketones (excluding diaryl/α,β-unsaturated/α-hetero) is 1. The smallest absolute Gasteiger partial charge is 0.320 e. The number of carbonyl (C=O) groups is 3. The predicted molar refractivity (Wildman–Crippen MR) is 82.6 cm³/mol. The summed E-state index contributed by atoms with van der Waals surface area (Å²) in [4.78, 5) is 38.4. The van der Waals surface area contributed by atoms with Crippen molar-refractivity contribution in [2.24, 2.45) is 10.8 Å². The summed E-state index contributed by atoms with van der Waals surface area (Å²) in [6.45, 7) is 3.48. The fraction of sp³-hybridized carbons (Fsp3) is 0.471. The summed E-state index contributed by atoms with van der Waals surface area (Å²) >= 11 is 0. The second-order valence-electron chi connectivity index (χ2n) is 6.42. The molecule has 0 bridgehead atoms. The molecule has 1 aromatic carbocycles. The van der Waals surface area contributed by atoms with Crippen LogP contribution in [0.3, 0.4) is 0 Å². The van der Waals surface area contributed by atoms with E-state index in [0.717, 1.165) is 5.56 Å². The fourth-order valence-electron chi connectivity index (χ4n) is 3.20. The molecule has 0 aliphatic carbocycles. The van der Waals surface area contributed by atoms with Crippen molar-refractivity contribution in [2.45, 2.75) is 20.4 Å². The van der Waals surface area contributed by atoms with Crippen LogP contribution < -0.4 is 0 Å². The molecule has 0 saturated carbocycles. The number of carbonyl (C=O) groups excluding carboxylic acids is 2. The van der Waals surface area contributed by atoms with Gasteiger partial charge in [0.25, 0.3) is 0 Å². The average Bonchev–Trinajstić information content (AvgIpc) is 2.52. The second-order valence-corrected chi connectivity index (χ2v) is 6.42. The molecule has 6 heteroatoms. The molecular formula is C17H21NO5. The van der Waals surface area contributed by atoms with Crippen molar-refractivity contribution < 1.29 is 24.2 Å². The molecule has 2 unspecified atom stereocenters. The van der Waals surface area contributed by atoms with E-state index in [1.54, 1.807) is 0 Å². The number of ketones is 1. The third kappa shape index (κ3) is 2.99. The van der Waals surface area contributed by atoms with Gasteiger partial charge in [0, 0.05) is 19.6 Å². The number of carboxylic acid groups (broad SMARTS) is 1. The van der Waals surface area contributed by atoms with Crippen LogP contribution in [0.1, 0.15) is 19.4 Å². The first kappa shape index (κ1) is 17.1. The van der Waals surface area contributed by atoms with E-state index in [-0.39, 0.29) is 13.1 Å². The van der Waals surface area contributed by atoms with Gasteiger partial charge in [0.1, 0.15) is 10.8 Å². The topological polar surface area (TPSA) is 83.9 Å².